The number of H-pyrrole nitrogens is 1. The van der Waals surface area contributed by atoms with Crippen LogP contribution in [0.2, 0.25) is 0 Å². The topological polar surface area (TPSA) is 92.2 Å². The van der Waals surface area contributed by atoms with Gasteiger partial charge in [0.2, 0.25) is 0 Å². The number of morpholine rings is 1. The summed E-state index contributed by atoms with van der Waals surface area (Å²) in [5.41, 5.74) is 5.06. The van der Waals surface area contributed by atoms with Crippen molar-refractivity contribution in [3.63, 3.8) is 0 Å². The van der Waals surface area contributed by atoms with Gasteiger partial charge in [-0.05, 0) is 43.5 Å². The Labute approximate surface area is 193 Å². The molecule has 8 nitrogen and oxygen atoms in total. The highest BCUT2D eigenvalue weighted by Gasteiger charge is 2.15. The molecule has 8 heteroatoms. The van der Waals surface area contributed by atoms with E-state index in [0.29, 0.717) is 11.1 Å². The molecule has 0 spiro atoms. The molecule has 4 rings (SSSR count). The first-order valence-corrected chi connectivity index (χ1v) is 11.2. The van der Waals surface area contributed by atoms with Gasteiger partial charge in [0, 0.05) is 55.3 Å². The highest BCUT2D eigenvalue weighted by Crippen LogP contribution is 2.21. The molecule has 3 aromatic rings. The number of carbonyl (C=O) groups excluding carboxylic acids is 1. The van der Waals surface area contributed by atoms with Crippen molar-refractivity contribution in [1.29, 1.82) is 0 Å². The van der Waals surface area contributed by atoms with Crippen molar-refractivity contribution < 1.29 is 9.53 Å². The average Bonchev–Trinajstić information content (AvgIpc) is 3.27. The van der Waals surface area contributed by atoms with Crippen LogP contribution in [0.15, 0.2) is 35.4 Å². The standard InChI is InChI=1S/C25H30N5O3/c1-17-4-5-20(21-14-27-30(16-21)7-6-29-8-10-33-11-9-29)13-22(17)24(31)26-15-23-18(2)12-19(3)28-25(23)32/h4-5,12,14,16H,6-11,15H2,1-3H3,(H,26,31)(H,28,32). The Morgan fingerprint density at radius 2 is 1.97 bits per heavy atom. The number of aryl methyl sites for hydroxylation is 3. The van der Waals surface area contributed by atoms with E-state index in [0.717, 1.165) is 67.3 Å². The van der Waals surface area contributed by atoms with E-state index in [-0.39, 0.29) is 18.0 Å². The van der Waals surface area contributed by atoms with Crippen molar-refractivity contribution in [2.45, 2.75) is 33.9 Å². The van der Waals surface area contributed by atoms with Crippen LogP contribution in [0.4, 0.5) is 0 Å². The number of nitrogens with one attached hydrogen (secondary N) is 2. The largest absolute Gasteiger partial charge is 0.379 e. The number of benzene rings is 1. The summed E-state index contributed by atoms with van der Waals surface area (Å²) in [4.78, 5) is 30.3. The van der Waals surface area contributed by atoms with Gasteiger partial charge in [-0.2, -0.15) is 5.10 Å². The molecule has 1 amide bonds. The minimum Gasteiger partial charge on any atom is -0.379 e. The normalized spacial score (nSPS) is 14.4. The molecule has 3 heterocycles. The predicted octanol–water partition coefficient (Wildman–Crippen LogP) is 2.23. The summed E-state index contributed by atoms with van der Waals surface area (Å²) >= 11 is 0. The third-order valence-electron chi connectivity index (χ3n) is 5.99. The fourth-order valence-corrected chi connectivity index (χ4v) is 4.02. The monoisotopic (exact) mass is 448 g/mol. The number of carbonyl (C=O) groups is 1. The fraction of sp³-hybridized carbons (Fsp3) is 0.400. The van der Waals surface area contributed by atoms with Gasteiger partial charge in [0.15, 0.2) is 0 Å². The van der Waals surface area contributed by atoms with Crippen LogP contribution in [-0.4, -0.2) is 58.4 Å². The lowest BCUT2D eigenvalue weighted by Gasteiger charge is -2.26. The molecule has 0 bridgehead atoms. The summed E-state index contributed by atoms with van der Waals surface area (Å²) in [5.74, 6) is -0.256. The summed E-state index contributed by atoms with van der Waals surface area (Å²) < 4.78 is 7.32. The molecule has 33 heavy (non-hydrogen) atoms. The first-order valence-electron chi connectivity index (χ1n) is 11.2. The molecule has 2 aromatic heterocycles. The predicted molar refractivity (Wildman–Crippen MR) is 126 cm³/mol. The lowest BCUT2D eigenvalue weighted by molar-refractivity contribution is 0.0360. The van der Waals surface area contributed by atoms with Gasteiger partial charge >= 0.3 is 0 Å². The van der Waals surface area contributed by atoms with Gasteiger partial charge < -0.3 is 15.0 Å². The van der Waals surface area contributed by atoms with Gasteiger partial charge in [0.25, 0.3) is 11.5 Å². The zero-order valence-electron chi connectivity index (χ0n) is 19.4. The molecule has 1 fully saturated rings. The van der Waals surface area contributed by atoms with E-state index in [2.05, 4.69) is 26.4 Å². The van der Waals surface area contributed by atoms with Crippen molar-refractivity contribution in [2.24, 2.45) is 0 Å². The Kier molecular flexibility index (Phi) is 7.05. The van der Waals surface area contributed by atoms with E-state index in [1.165, 1.54) is 0 Å². The maximum atomic E-state index is 12.9. The Morgan fingerprint density at radius 3 is 2.73 bits per heavy atom. The zero-order chi connectivity index (χ0) is 23.4. The molecule has 0 saturated carbocycles. The summed E-state index contributed by atoms with van der Waals surface area (Å²) in [7, 11) is 0. The summed E-state index contributed by atoms with van der Waals surface area (Å²) in [6.07, 6.45) is 3.79. The first-order chi connectivity index (χ1) is 15.9. The minimum absolute atomic E-state index is 0.164. The SMILES string of the molecule is Cc1cc(C)c(CNC(=O)c2[c]c(-c3cnn(CCN4CCOCC4)c3)ccc2C)c(=O)[nH]1. The summed E-state index contributed by atoms with van der Waals surface area (Å²) in [6.45, 7) is 10.9. The number of rotatable bonds is 7. The number of hydrogen-bond donors (Lipinski definition) is 2. The maximum Gasteiger partial charge on any atom is 0.253 e. The van der Waals surface area contributed by atoms with Gasteiger partial charge in [-0.1, -0.05) is 12.1 Å². The van der Waals surface area contributed by atoms with E-state index in [4.69, 9.17) is 4.74 Å². The second kappa shape index (κ2) is 10.1. The van der Waals surface area contributed by atoms with E-state index in [1.54, 1.807) is 6.20 Å². The molecule has 1 aliphatic rings. The van der Waals surface area contributed by atoms with Crippen LogP contribution >= 0.6 is 0 Å². The van der Waals surface area contributed by atoms with Crippen LogP contribution in [0.25, 0.3) is 11.1 Å². The van der Waals surface area contributed by atoms with Gasteiger partial charge in [0.1, 0.15) is 0 Å². The van der Waals surface area contributed by atoms with E-state index >= 15 is 0 Å². The van der Waals surface area contributed by atoms with Crippen molar-refractivity contribution in [1.82, 2.24) is 25.0 Å². The third kappa shape index (κ3) is 5.58. The van der Waals surface area contributed by atoms with Crippen LogP contribution in [0.1, 0.15) is 32.7 Å². The molecule has 0 aliphatic carbocycles. The summed E-state index contributed by atoms with van der Waals surface area (Å²) in [5, 5.41) is 7.35. The molecule has 0 unspecified atom stereocenters. The van der Waals surface area contributed by atoms with Gasteiger partial charge in [-0.15, -0.1) is 0 Å². The van der Waals surface area contributed by atoms with Crippen molar-refractivity contribution >= 4 is 5.91 Å². The van der Waals surface area contributed by atoms with Gasteiger partial charge in [0.05, 0.1) is 31.5 Å². The number of nitrogens with zero attached hydrogens (tertiary/aromatic N) is 3. The Morgan fingerprint density at radius 1 is 1.18 bits per heavy atom. The number of hydrogen-bond acceptors (Lipinski definition) is 5. The highest BCUT2D eigenvalue weighted by atomic mass is 16.5. The first kappa shape index (κ1) is 22.9. The quantitative estimate of drug-likeness (QED) is 0.578. The van der Waals surface area contributed by atoms with E-state index in [1.807, 2.05) is 49.8 Å². The van der Waals surface area contributed by atoms with Crippen molar-refractivity contribution in [3.05, 3.63) is 75.0 Å². The minimum atomic E-state index is -0.256. The molecule has 173 valence electrons. The number of amides is 1. The molecule has 0 atom stereocenters. The molecular weight excluding hydrogens is 418 g/mol. The van der Waals surface area contributed by atoms with Crippen molar-refractivity contribution in [3.8, 4) is 11.1 Å². The van der Waals surface area contributed by atoms with E-state index in [9.17, 15) is 9.59 Å². The van der Waals surface area contributed by atoms with E-state index < -0.39 is 0 Å². The third-order valence-corrected chi connectivity index (χ3v) is 5.99. The Balaban J connectivity index is 1.44. The number of ether oxygens (including phenoxy) is 1. The van der Waals surface area contributed by atoms with Crippen LogP contribution in [-0.2, 0) is 17.8 Å². The van der Waals surface area contributed by atoms with Crippen LogP contribution < -0.4 is 10.9 Å². The molecule has 1 radical (unpaired) electrons. The van der Waals surface area contributed by atoms with Gasteiger partial charge in [-0.25, -0.2) is 0 Å². The fourth-order valence-electron chi connectivity index (χ4n) is 4.02. The molecule has 1 aromatic carbocycles. The second-order valence-corrected chi connectivity index (χ2v) is 8.50. The molecule has 1 saturated heterocycles. The maximum absolute atomic E-state index is 12.9. The van der Waals surface area contributed by atoms with Crippen LogP contribution in [0.3, 0.4) is 0 Å². The van der Waals surface area contributed by atoms with Crippen LogP contribution in [0.5, 0.6) is 0 Å². The number of pyridine rings is 1. The summed E-state index contributed by atoms with van der Waals surface area (Å²) in [6, 6.07) is 9.01. The smallest absolute Gasteiger partial charge is 0.253 e. The Bertz CT molecular complexity index is 1190. The highest BCUT2D eigenvalue weighted by molar-refractivity contribution is 5.96. The van der Waals surface area contributed by atoms with Crippen molar-refractivity contribution in [2.75, 3.05) is 32.8 Å². The number of aromatic amines is 1. The zero-order valence-corrected chi connectivity index (χ0v) is 19.4. The van der Waals surface area contributed by atoms with Crippen LogP contribution in [0, 0.1) is 26.8 Å². The molecular formula is C25H30N5O3. The lowest BCUT2D eigenvalue weighted by Crippen LogP contribution is -2.38. The second-order valence-electron chi connectivity index (χ2n) is 8.50. The number of aromatic nitrogens is 3. The average molecular weight is 449 g/mol. The van der Waals surface area contributed by atoms with Gasteiger partial charge in [-0.3, -0.25) is 19.2 Å². The Hall–Kier alpha value is -3.23. The molecule has 2 N–H and O–H groups in total. The lowest BCUT2D eigenvalue weighted by atomic mass is 10.0. The molecule has 1 aliphatic heterocycles.